The van der Waals surface area contributed by atoms with Gasteiger partial charge in [0.2, 0.25) is 5.91 Å². The molecule has 2 N–H and O–H groups in total. The summed E-state index contributed by atoms with van der Waals surface area (Å²) in [7, 11) is 3.28. The van der Waals surface area contributed by atoms with Crippen LogP contribution in [0.3, 0.4) is 0 Å². The predicted octanol–water partition coefficient (Wildman–Crippen LogP) is 2.67. The van der Waals surface area contributed by atoms with E-state index >= 15 is 0 Å². The Labute approximate surface area is 179 Å². The largest absolute Gasteiger partial charge is 0.383 e. The highest BCUT2D eigenvalue weighted by atomic mass is 16.5. The summed E-state index contributed by atoms with van der Waals surface area (Å²) in [5.41, 5.74) is 2.31. The lowest BCUT2D eigenvalue weighted by Crippen LogP contribution is -2.24. The molecule has 3 rings (SSSR count). The zero-order chi connectivity index (χ0) is 22.4. The van der Waals surface area contributed by atoms with Crippen LogP contribution < -0.4 is 16.2 Å². The number of methoxy groups -OCH3 is 1. The minimum Gasteiger partial charge on any atom is -0.383 e. The van der Waals surface area contributed by atoms with E-state index in [1.165, 1.54) is 17.8 Å². The number of fused-ring (bicyclic) bond motifs is 1. The number of benzene rings is 2. The van der Waals surface area contributed by atoms with Gasteiger partial charge in [0.1, 0.15) is 0 Å². The minimum atomic E-state index is -0.444. The van der Waals surface area contributed by atoms with Crippen molar-refractivity contribution in [2.24, 2.45) is 0 Å². The smallest absolute Gasteiger partial charge is 0.323 e. The standard InChI is InChI=1S/C22H25N5O4/c1-15(28)26(2)13-16-5-4-6-17(11-16)24-22(30)25-18-7-8-20-19(12-18)21(29)27(14-23-20)9-10-31-3/h4-8,11-12,14H,9-10,13H2,1-3H3,(H2,24,25,30). The highest BCUT2D eigenvalue weighted by Gasteiger charge is 2.09. The van der Waals surface area contributed by atoms with Gasteiger partial charge in [-0.25, -0.2) is 9.78 Å². The van der Waals surface area contributed by atoms with E-state index in [1.54, 1.807) is 49.4 Å². The summed E-state index contributed by atoms with van der Waals surface area (Å²) in [6.07, 6.45) is 1.49. The molecule has 0 saturated carbocycles. The first-order valence-corrected chi connectivity index (χ1v) is 9.74. The Morgan fingerprint density at radius 1 is 1.13 bits per heavy atom. The molecular formula is C22H25N5O4. The van der Waals surface area contributed by atoms with Crippen molar-refractivity contribution < 1.29 is 14.3 Å². The van der Waals surface area contributed by atoms with Gasteiger partial charge in [-0.15, -0.1) is 0 Å². The maximum absolute atomic E-state index is 12.6. The van der Waals surface area contributed by atoms with Gasteiger partial charge < -0.3 is 20.3 Å². The molecule has 9 nitrogen and oxygen atoms in total. The van der Waals surface area contributed by atoms with Gasteiger partial charge >= 0.3 is 6.03 Å². The third-order valence-corrected chi connectivity index (χ3v) is 4.76. The van der Waals surface area contributed by atoms with E-state index in [0.717, 1.165) is 5.56 Å². The van der Waals surface area contributed by atoms with Crippen LogP contribution in [0.4, 0.5) is 16.2 Å². The molecule has 0 aliphatic heterocycles. The van der Waals surface area contributed by atoms with Crippen molar-refractivity contribution in [3.63, 3.8) is 0 Å². The van der Waals surface area contributed by atoms with Gasteiger partial charge in [0.15, 0.2) is 0 Å². The number of amides is 3. The second kappa shape index (κ2) is 9.86. The van der Waals surface area contributed by atoms with Crippen molar-refractivity contribution >= 4 is 34.2 Å². The zero-order valence-electron chi connectivity index (χ0n) is 17.7. The SMILES string of the molecule is COCCn1cnc2ccc(NC(=O)Nc3cccc(CN(C)C(C)=O)c3)cc2c1=O. The van der Waals surface area contributed by atoms with Gasteiger partial charge in [0.25, 0.3) is 5.56 Å². The summed E-state index contributed by atoms with van der Waals surface area (Å²) in [5, 5.41) is 5.91. The van der Waals surface area contributed by atoms with Crippen molar-refractivity contribution in [1.82, 2.24) is 14.5 Å². The van der Waals surface area contributed by atoms with Gasteiger partial charge in [-0.05, 0) is 35.9 Å². The Morgan fingerprint density at radius 3 is 2.58 bits per heavy atom. The monoisotopic (exact) mass is 423 g/mol. The molecule has 3 aromatic rings. The van der Waals surface area contributed by atoms with Gasteiger partial charge in [0.05, 0.1) is 30.4 Å². The first-order chi connectivity index (χ1) is 14.9. The van der Waals surface area contributed by atoms with Crippen LogP contribution in [-0.4, -0.2) is 47.2 Å². The fraction of sp³-hybridized carbons (Fsp3) is 0.273. The second-order valence-electron chi connectivity index (χ2n) is 7.12. The van der Waals surface area contributed by atoms with E-state index in [4.69, 9.17) is 4.74 Å². The van der Waals surface area contributed by atoms with Crippen LogP contribution >= 0.6 is 0 Å². The van der Waals surface area contributed by atoms with Gasteiger partial charge in [0, 0.05) is 39.0 Å². The normalized spacial score (nSPS) is 10.7. The van der Waals surface area contributed by atoms with E-state index < -0.39 is 6.03 Å². The summed E-state index contributed by atoms with van der Waals surface area (Å²) in [6, 6.07) is 11.8. The number of aromatic nitrogens is 2. The highest BCUT2D eigenvalue weighted by molar-refractivity contribution is 6.00. The zero-order valence-corrected chi connectivity index (χ0v) is 17.7. The molecule has 0 aliphatic carbocycles. The second-order valence-corrected chi connectivity index (χ2v) is 7.12. The number of carbonyl (C=O) groups is 2. The molecule has 0 fully saturated rings. The Bertz CT molecular complexity index is 1160. The van der Waals surface area contributed by atoms with Crippen LogP contribution in [0.15, 0.2) is 53.6 Å². The molecule has 0 radical (unpaired) electrons. The maximum Gasteiger partial charge on any atom is 0.323 e. The lowest BCUT2D eigenvalue weighted by atomic mass is 10.2. The van der Waals surface area contributed by atoms with E-state index in [-0.39, 0.29) is 11.5 Å². The summed E-state index contributed by atoms with van der Waals surface area (Å²) >= 11 is 0. The number of ether oxygens (including phenoxy) is 1. The minimum absolute atomic E-state index is 0.0387. The first kappa shape index (κ1) is 22.0. The highest BCUT2D eigenvalue weighted by Crippen LogP contribution is 2.16. The molecule has 0 atom stereocenters. The third-order valence-electron chi connectivity index (χ3n) is 4.76. The molecule has 0 unspecified atom stereocenters. The lowest BCUT2D eigenvalue weighted by molar-refractivity contribution is -0.128. The van der Waals surface area contributed by atoms with Crippen LogP contribution in [0, 0.1) is 0 Å². The summed E-state index contributed by atoms with van der Waals surface area (Å²) in [5.74, 6) is -0.0387. The van der Waals surface area contributed by atoms with Crippen molar-refractivity contribution in [1.29, 1.82) is 0 Å². The van der Waals surface area contributed by atoms with Crippen molar-refractivity contribution in [2.75, 3.05) is 31.4 Å². The number of hydrogen-bond acceptors (Lipinski definition) is 5. The number of carbonyl (C=O) groups excluding carboxylic acids is 2. The molecule has 3 amide bonds. The van der Waals surface area contributed by atoms with Gasteiger partial charge in [-0.2, -0.15) is 0 Å². The molecule has 0 bridgehead atoms. The van der Waals surface area contributed by atoms with Crippen LogP contribution in [0.2, 0.25) is 0 Å². The summed E-state index contributed by atoms with van der Waals surface area (Å²) < 4.78 is 6.49. The number of urea groups is 1. The van der Waals surface area contributed by atoms with Crippen molar-refractivity contribution in [2.45, 2.75) is 20.0 Å². The number of nitrogens with zero attached hydrogens (tertiary/aromatic N) is 3. The molecule has 0 aliphatic rings. The van der Waals surface area contributed by atoms with Gasteiger partial charge in [-0.1, -0.05) is 12.1 Å². The Hall–Kier alpha value is -3.72. The molecule has 1 aromatic heterocycles. The van der Waals surface area contributed by atoms with Crippen LogP contribution in [0.25, 0.3) is 10.9 Å². The predicted molar refractivity (Wildman–Crippen MR) is 119 cm³/mol. The topological polar surface area (TPSA) is 106 Å². The fourth-order valence-electron chi connectivity index (χ4n) is 3.01. The molecule has 2 aromatic carbocycles. The number of hydrogen-bond donors (Lipinski definition) is 2. The number of anilines is 2. The summed E-state index contributed by atoms with van der Waals surface area (Å²) in [4.78, 5) is 42.4. The number of rotatable bonds is 7. The molecular weight excluding hydrogens is 398 g/mol. The average molecular weight is 423 g/mol. The Morgan fingerprint density at radius 2 is 1.87 bits per heavy atom. The van der Waals surface area contributed by atoms with E-state index in [1.807, 2.05) is 12.1 Å². The third kappa shape index (κ3) is 5.67. The average Bonchev–Trinajstić information content (AvgIpc) is 2.73. The van der Waals surface area contributed by atoms with Gasteiger partial charge in [-0.3, -0.25) is 14.2 Å². The van der Waals surface area contributed by atoms with E-state index in [9.17, 15) is 14.4 Å². The van der Waals surface area contributed by atoms with E-state index in [0.29, 0.717) is 42.0 Å². The number of nitrogens with one attached hydrogen (secondary N) is 2. The van der Waals surface area contributed by atoms with Crippen molar-refractivity contribution in [3.8, 4) is 0 Å². The fourth-order valence-corrected chi connectivity index (χ4v) is 3.01. The molecule has 9 heteroatoms. The van der Waals surface area contributed by atoms with Crippen LogP contribution in [0.5, 0.6) is 0 Å². The van der Waals surface area contributed by atoms with Crippen LogP contribution in [0.1, 0.15) is 12.5 Å². The maximum atomic E-state index is 12.6. The quantitative estimate of drug-likeness (QED) is 0.608. The molecule has 162 valence electrons. The Balaban J connectivity index is 1.72. The lowest BCUT2D eigenvalue weighted by Gasteiger charge is -2.15. The van der Waals surface area contributed by atoms with Crippen molar-refractivity contribution in [3.05, 3.63) is 64.7 Å². The molecule has 31 heavy (non-hydrogen) atoms. The first-order valence-electron chi connectivity index (χ1n) is 9.74. The molecule has 0 saturated heterocycles. The van der Waals surface area contributed by atoms with Crippen LogP contribution in [-0.2, 0) is 22.6 Å². The summed E-state index contributed by atoms with van der Waals surface area (Å²) in [6.45, 7) is 2.74. The Kier molecular flexibility index (Phi) is 6.99. The van der Waals surface area contributed by atoms with E-state index in [2.05, 4.69) is 15.6 Å². The molecule has 0 spiro atoms. The molecule has 1 heterocycles.